The zero-order valence-corrected chi connectivity index (χ0v) is 17.4. The van der Waals surface area contributed by atoms with Crippen molar-refractivity contribution in [2.24, 2.45) is 11.8 Å². The molecule has 0 radical (unpaired) electrons. The molecule has 3 aliphatic rings. The fourth-order valence-electron chi connectivity index (χ4n) is 5.64. The minimum atomic E-state index is -0.820. The Bertz CT molecular complexity index is 939. The number of morpholine rings is 1. The van der Waals surface area contributed by atoms with E-state index >= 15 is 0 Å². The molecule has 164 valence electrons. The maximum Gasteiger partial charge on any atom is 0.317 e. The zero-order chi connectivity index (χ0) is 21.4. The summed E-state index contributed by atoms with van der Waals surface area (Å²) in [5, 5.41) is 19.3. The number of benzene rings is 2. The molecule has 7 heteroatoms. The number of ether oxygens (including phenoxy) is 2. The van der Waals surface area contributed by atoms with E-state index in [1.54, 1.807) is 0 Å². The van der Waals surface area contributed by atoms with Crippen molar-refractivity contribution in [3.8, 4) is 11.5 Å². The predicted molar refractivity (Wildman–Crippen MR) is 114 cm³/mol. The van der Waals surface area contributed by atoms with Crippen LogP contribution in [0.15, 0.2) is 54.6 Å². The molecular formula is C24H28N2O5. The minimum Gasteiger partial charge on any atom is -0.480 e. The van der Waals surface area contributed by atoms with E-state index in [4.69, 9.17) is 9.47 Å². The summed E-state index contributed by atoms with van der Waals surface area (Å²) in [6, 6.07) is 17.8. The van der Waals surface area contributed by atoms with Gasteiger partial charge in [-0.25, -0.2) is 0 Å². The van der Waals surface area contributed by atoms with Crippen LogP contribution in [0.2, 0.25) is 0 Å². The van der Waals surface area contributed by atoms with Crippen LogP contribution >= 0.6 is 0 Å². The molecule has 2 N–H and O–H groups in total. The van der Waals surface area contributed by atoms with Gasteiger partial charge in [0.2, 0.25) is 0 Å². The summed E-state index contributed by atoms with van der Waals surface area (Å²) in [6.45, 7) is 3.61. The molecule has 2 bridgehead atoms. The highest BCUT2D eigenvalue weighted by molar-refractivity contribution is 5.69. The van der Waals surface area contributed by atoms with Gasteiger partial charge >= 0.3 is 5.97 Å². The second-order valence-corrected chi connectivity index (χ2v) is 8.97. The number of carbonyl (C=O) groups is 1. The number of fused-ring (bicyclic) bond motifs is 1. The van der Waals surface area contributed by atoms with E-state index in [1.165, 1.54) is 0 Å². The second-order valence-electron chi connectivity index (χ2n) is 8.97. The first-order valence-corrected chi connectivity index (χ1v) is 10.8. The van der Waals surface area contributed by atoms with Crippen LogP contribution in [0.4, 0.5) is 0 Å². The highest BCUT2D eigenvalue weighted by Gasteiger charge is 2.62. The van der Waals surface area contributed by atoms with E-state index in [1.807, 2.05) is 47.4 Å². The van der Waals surface area contributed by atoms with Crippen molar-refractivity contribution in [3.63, 3.8) is 0 Å². The van der Waals surface area contributed by atoms with Crippen LogP contribution in [0, 0.1) is 11.8 Å². The summed E-state index contributed by atoms with van der Waals surface area (Å²) >= 11 is 0. The topological polar surface area (TPSA) is 82.5 Å². The third-order valence-electron chi connectivity index (χ3n) is 6.78. The third-order valence-corrected chi connectivity index (χ3v) is 6.78. The molecule has 5 rings (SSSR count). The van der Waals surface area contributed by atoms with E-state index < -0.39 is 11.6 Å². The average molecular weight is 424 g/mol. The van der Waals surface area contributed by atoms with Crippen LogP contribution < -0.4 is 4.74 Å². The molecule has 3 aliphatic heterocycles. The summed E-state index contributed by atoms with van der Waals surface area (Å²) in [4.78, 5) is 15.6. The number of para-hydroxylation sites is 1. The van der Waals surface area contributed by atoms with Crippen molar-refractivity contribution in [2.75, 3.05) is 39.3 Å². The number of rotatable bonds is 7. The Labute approximate surface area is 181 Å². The van der Waals surface area contributed by atoms with E-state index in [9.17, 15) is 15.0 Å². The van der Waals surface area contributed by atoms with Crippen LogP contribution in [0.25, 0.3) is 0 Å². The van der Waals surface area contributed by atoms with E-state index in [-0.39, 0.29) is 31.1 Å². The lowest BCUT2D eigenvalue weighted by Gasteiger charge is -2.39. The van der Waals surface area contributed by atoms with Gasteiger partial charge in [-0.1, -0.05) is 30.3 Å². The fraction of sp³-hybridized carbons (Fsp3) is 0.458. The molecule has 2 aromatic rings. The van der Waals surface area contributed by atoms with Gasteiger partial charge < -0.3 is 19.7 Å². The molecule has 2 aromatic carbocycles. The Balaban J connectivity index is 1.29. The van der Waals surface area contributed by atoms with Crippen molar-refractivity contribution < 1.29 is 24.5 Å². The average Bonchev–Trinajstić information content (AvgIpc) is 3.15. The Hall–Kier alpha value is -2.45. The van der Waals surface area contributed by atoms with Crippen molar-refractivity contribution in [2.45, 2.75) is 18.2 Å². The Kier molecular flexibility index (Phi) is 5.44. The Morgan fingerprint density at radius 3 is 2.61 bits per heavy atom. The first-order chi connectivity index (χ1) is 15.0. The Morgan fingerprint density at radius 2 is 1.84 bits per heavy atom. The van der Waals surface area contributed by atoms with E-state index in [0.717, 1.165) is 36.7 Å². The third kappa shape index (κ3) is 4.06. The molecule has 7 nitrogen and oxygen atoms in total. The number of likely N-dealkylation sites (tertiary alicyclic amines) is 2. The predicted octanol–water partition coefficient (Wildman–Crippen LogP) is 2.06. The van der Waals surface area contributed by atoms with Crippen LogP contribution in [0.1, 0.15) is 5.56 Å². The number of hydrogen-bond donors (Lipinski definition) is 2. The maximum atomic E-state index is 11.3. The molecule has 1 spiro atoms. The number of aliphatic hydroxyl groups excluding tert-OH is 1. The van der Waals surface area contributed by atoms with Gasteiger partial charge in [-0.15, -0.1) is 0 Å². The Morgan fingerprint density at radius 1 is 1.06 bits per heavy atom. The summed E-state index contributed by atoms with van der Waals surface area (Å²) < 4.78 is 12.4. The molecule has 0 aliphatic carbocycles. The first kappa shape index (κ1) is 20.5. The van der Waals surface area contributed by atoms with Crippen molar-refractivity contribution in [1.82, 2.24) is 9.80 Å². The quantitative estimate of drug-likeness (QED) is 0.704. The second kappa shape index (κ2) is 8.24. The van der Waals surface area contributed by atoms with Gasteiger partial charge in [0.1, 0.15) is 11.5 Å². The lowest BCUT2D eigenvalue weighted by atomic mass is 9.83. The molecule has 0 saturated carbocycles. The van der Waals surface area contributed by atoms with Crippen molar-refractivity contribution >= 4 is 5.97 Å². The van der Waals surface area contributed by atoms with Gasteiger partial charge in [0, 0.05) is 51.2 Å². The van der Waals surface area contributed by atoms with E-state index in [2.05, 4.69) is 17.0 Å². The van der Waals surface area contributed by atoms with Crippen molar-refractivity contribution in [1.29, 1.82) is 0 Å². The summed E-state index contributed by atoms with van der Waals surface area (Å²) in [6.07, 6.45) is -0.0900. The normalized spacial score (nSPS) is 30.3. The van der Waals surface area contributed by atoms with Crippen LogP contribution in [0.3, 0.4) is 0 Å². The SMILES string of the molecule is O=C(O)CN1C[C@H]2O[C@@]3(CN(Cc4cccc(Oc5ccccc5)c4)C[C@@H]3[C@@H]2CO)C1. The highest BCUT2D eigenvalue weighted by atomic mass is 16.5. The monoisotopic (exact) mass is 424 g/mol. The molecule has 0 aromatic heterocycles. The zero-order valence-electron chi connectivity index (χ0n) is 17.4. The molecule has 0 amide bonds. The van der Waals surface area contributed by atoms with Crippen LogP contribution in [0.5, 0.6) is 11.5 Å². The smallest absolute Gasteiger partial charge is 0.317 e. The van der Waals surface area contributed by atoms with Crippen LogP contribution in [-0.2, 0) is 16.1 Å². The fourth-order valence-corrected chi connectivity index (χ4v) is 5.64. The van der Waals surface area contributed by atoms with Gasteiger partial charge in [0.15, 0.2) is 0 Å². The number of hydrogen-bond acceptors (Lipinski definition) is 6. The number of nitrogens with zero attached hydrogens (tertiary/aromatic N) is 2. The lowest BCUT2D eigenvalue weighted by Crippen LogP contribution is -2.55. The molecule has 3 saturated heterocycles. The largest absolute Gasteiger partial charge is 0.480 e. The van der Waals surface area contributed by atoms with Gasteiger partial charge in [-0.2, -0.15) is 0 Å². The minimum absolute atomic E-state index is 0.0192. The van der Waals surface area contributed by atoms with E-state index in [0.29, 0.717) is 13.1 Å². The van der Waals surface area contributed by atoms with Crippen molar-refractivity contribution in [3.05, 3.63) is 60.2 Å². The number of carboxylic acids is 1. The van der Waals surface area contributed by atoms with Gasteiger partial charge in [0.25, 0.3) is 0 Å². The van der Waals surface area contributed by atoms with Gasteiger partial charge in [-0.3, -0.25) is 14.6 Å². The van der Waals surface area contributed by atoms with Gasteiger partial charge in [0.05, 0.1) is 18.2 Å². The summed E-state index contributed by atoms with van der Waals surface area (Å²) in [5.74, 6) is 1.05. The standard InChI is InChI=1S/C24H28N2O5/c27-14-20-21-11-25(15-24(21)16-26(13-23(28)29)12-22(20)31-24)10-17-5-4-8-19(9-17)30-18-6-2-1-3-7-18/h1-9,20-22,27H,10-16H2,(H,28,29)/t20-,21+,22+,24-/m0/s1. The molecule has 31 heavy (non-hydrogen) atoms. The lowest BCUT2D eigenvalue weighted by molar-refractivity contribution is -0.146. The number of aliphatic hydroxyl groups is 1. The first-order valence-electron chi connectivity index (χ1n) is 10.8. The maximum absolute atomic E-state index is 11.3. The van der Waals surface area contributed by atoms with Crippen LogP contribution in [-0.4, -0.2) is 77.0 Å². The number of carboxylic acid groups (broad SMARTS) is 1. The van der Waals surface area contributed by atoms with Gasteiger partial charge in [-0.05, 0) is 29.8 Å². The highest BCUT2D eigenvalue weighted by Crippen LogP contribution is 2.49. The molecular weight excluding hydrogens is 396 g/mol. The molecule has 0 unspecified atom stereocenters. The molecule has 4 atom stereocenters. The summed E-state index contributed by atoms with van der Waals surface area (Å²) in [7, 11) is 0. The molecule has 3 heterocycles. The number of aliphatic carboxylic acids is 1. The molecule has 3 fully saturated rings. The summed E-state index contributed by atoms with van der Waals surface area (Å²) in [5.41, 5.74) is 0.754.